The predicted octanol–water partition coefficient (Wildman–Crippen LogP) is 7.35. The van der Waals surface area contributed by atoms with Crippen LogP contribution in [0.5, 0.6) is 11.5 Å². The molecule has 5 aromatic carbocycles. The molecule has 2 bridgehead atoms. The van der Waals surface area contributed by atoms with Gasteiger partial charge in [-0.3, -0.25) is 19.2 Å². The maximum absolute atomic E-state index is 14.6. The molecule has 0 spiro atoms. The maximum Gasteiger partial charge on any atom is 0.343 e. The smallest absolute Gasteiger partial charge is 0.343 e. The van der Waals surface area contributed by atoms with Crippen molar-refractivity contribution in [1.29, 1.82) is 0 Å². The number of carbonyl (C=O) groups excluding carboxylic acids is 5. The molecule has 11 heteroatoms. The maximum atomic E-state index is 14.6. The molecule has 1 heterocycles. The van der Waals surface area contributed by atoms with Gasteiger partial charge >= 0.3 is 5.97 Å². The van der Waals surface area contributed by atoms with Crippen molar-refractivity contribution in [3.05, 3.63) is 164 Å². The molecule has 9 nitrogen and oxygen atoms in total. The fraction of sp³-hybridized carbons (Fsp3) is 0.146. The molecule has 5 aromatic rings. The summed E-state index contributed by atoms with van der Waals surface area (Å²) >= 11 is 12.4. The summed E-state index contributed by atoms with van der Waals surface area (Å²) in [5.41, 5.74) is 4.36. The lowest BCUT2D eigenvalue weighted by molar-refractivity contribution is -0.154. The summed E-state index contributed by atoms with van der Waals surface area (Å²) in [7, 11) is 1.49. The van der Waals surface area contributed by atoms with Crippen molar-refractivity contribution >= 4 is 52.7 Å². The van der Waals surface area contributed by atoms with Gasteiger partial charge < -0.3 is 9.47 Å². The van der Waals surface area contributed by atoms with Crippen molar-refractivity contribution in [2.24, 2.45) is 11.8 Å². The summed E-state index contributed by atoms with van der Waals surface area (Å²) in [5.74, 6) is -4.79. The molecule has 9 rings (SSSR count). The number of hydrogen-bond acceptors (Lipinski definition) is 7. The first kappa shape index (κ1) is 33.4. The first-order valence-electron chi connectivity index (χ1n) is 16.5. The van der Waals surface area contributed by atoms with E-state index in [1.165, 1.54) is 49.6 Å². The van der Waals surface area contributed by atoms with E-state index in [9.17, 15) is 24.0 Å². The van der Waals surface area contributed by atoms with Gasteiger partial charge in [0.25, 0.3) is 17.7 Å². The predicted molar refractivity (Wildman–Crippen MR) is 192 cm³/mol. The highest BCUT2D eigenvalue weighted by Crippen LogP contribution is 2.61. The number of halogens is 2. The van der Waals surface area contributed by atoms with Crippen LogP contribution < -0.4 is 9.47 Å². The average Bonchev–Trinajstić information content (AvgIpc) is 3.44. The lowest BCUT2D eigenvalue weighted by Gasteiger charge is -2.45. The molecular weight excluding hydrogens is 703 g/mol. The number of hydrogen-bond donors (Lipinski definition) is 0. The molecule has 1 saturated heterocycles. The molecule has 2 atom stereocenters. The highest BCUT2D eigenvalue weighted by atomic mass is 35.5. The fourth-order valence-corrected chi connectivity index (χ4v) is 8.06. The number of imide groups is 1. The van der Waals surface area contributed by atoms with Crippen LogP contribution in [0, 0.1) is 11.8 Å². The van der Waals surface area contributed by atoms with Crippen molar-refractivity contribution in [1.82, 2.24) is 10.0 Å². The van der Waals surface area contributed by atoms with E-state index < -0.39 is 59.7 Å². The van der Waals surface area contributed by atoms with E-state index in [1.807, 2.05) is 48.5 Å². The number of Topliss-reactive ketones (excluding diaryl/α,β-unsaturated/α-hetero) is 1. The molecular formula is C41H28Cl2N2O7. The zero-order valence-electron chi connectivity index (χ0n) is 27.5. The Balaban J connectivity index is 1.12. The van der Waals surface area contributed by atoms with E-state index >= 15 is 0 Å². The van der Waals surface area contributed by atoms with Crippen LogP contribution in [0.1, 0.15) is 65.2 Å². The summed E-state index contributed by atoms with van der Waals surface area (Å²) < 4.78 is 10.7. The number of esters is 1. The van der Waals surface area contributed by atoms with Gasteiger partial charge in [0.1, 0.15) is 18.0 Å². The Morgan fingerprint density at radius 1 is 0.635 bits per heavy atom. The molecule has 52 heavy (non-hydrogen) atoms. The number of rotatable bonds is 8. The SMILES string of the molecule is COc1cccc(C(=O)Oc2ccc(C(=O)CN(C(=O)c3ccc(Cl)c(Cl)c3)N3C(=O)[C@@H]4C5c6ccccc6C(c6ccccc65)[C@H]4C3=O)cc2)c1. The minimum Gasteiger partial charge on any atom is -0.497 e. The van der Waals surface area contributed by atoms with Crippen molar-refractivity contribution < 1.29 is 33.4 Å². The summed E-state index contributed by atoms with van der Waals surface area (Å²) in [6, 6.07) is 32.1. The Morgan fingerprint density at radius 3 is 1.73 bits per heavy atom. The number of nitrogens with zero attached hydrogens (tertiary/aromatic N) is 2. The number of ketones is 1. The zero-order valence-corrected chi connectivity index (χ0v) is 29.0. The quantitative estimate of drug-likeness (QED) is 0.0711. The van der Waals surface area contributed by atoms with Crippen molar-refractivity contribution in [3.8, 4) is 11.5 Å². The van der Waals surface area contributed by atoms with Crippen LogP contribution >= 0.6 is 23.2 Å². The Hall–Kier alpha value is -5.77. The number of carbonyl (C=O) groups is 5. The third-order valence-corrected chi connectivity index (χ3v) is 10.8. The molecule has 4 aliphatic rings. The van der Waals surface area contributed by atoms with E-state index in [0.29, 0.717) is 5.75 Å². The monoisotopic (exact) mass is 730 g/mol. The van der Waals surface area contributed by atoms with Crippen LogP contribution in [0.2, 0.25) is 10.0 Å². The number of amides is 3. The van der Waals surface area contributed by atoms with Gasteiger partial charge in [0.05, 0.1) is 34.6 Å². The third kappa shape index (κ3) is 5.44. The number of ether oxygens (including phenoxy) is 2. The van der Waals surface area contributed by atoms with Crippen LogP contribution in [0.25, 0.3) is 0 Å². The molecule has 0 unspecified atom stereocenters. The van der Waals surface area contributed by atoms with Crippen molar-refractivity contribution in [2.75, 3.05) is 13.7 Å². The minimum atomic E-state index is -0.779. The molecule has 0 aromatic heterocycles. The standard InChI is InChI=1S/C41H28Cl2N2O7/c1-51-26-8-6-7-24(19-26)41(50)52-25-16-13-22(14-17-25)33(46)21-44(38(47)23-15-18-31(42)32(43)20-23)45-39(48)36-34-27-9-2-3-10-28(27)35(37(36)40(45)49)30-12-5-4-11-29(30)34/h2-20,34-37H,21H2,1H3/t34?,35?,36-,37-/m1/s1. The van der Waals surface area contributed by atoms with Crippen LogP contribution in [-0.2, 0) is 9.59 Å². The number of methoxy groups -OCH3 is 1. The van der Waals surface area contributed by atoms with Gasteiger partial charge in [-0.25, -0.2) is 9.80 Å². The highest BCUT2D eigenvalue weighted by molar-refractivity contribution is 6.42. The molecule has 1 fully saturated rings. The normalized spacial score (nSPS) is 19.4. The van der Waals surface area contributed by atoms with Crippen LogP contribution in [0.3, 0.4) is 0 Å². The first-order valence-corrected chi connectivity index (χ1v) is 17.2. The van der Waals surface area contributed by atoms with Crippen LogP contribution in [0.4, 0.5) is 0 Å². The number of hydrazine groups is 1. The Kier molecular flexibility index (Phi) is 8.40. The van der Waals surface area contributed by atoms with E-state index in [-0.39, 0.29) is 32.5 Å². The zero-order chi connectivity index (χ0) is 36.3. The fourth-order valence-electron chi connectivity index (χ4n) is 7.76. The Morgan fingerprint density at radius 2 is 1.19 bits per heavy atom. The average molecular weight is 732 g/mol. The summed E-state index contributed by atoms with van der Waals surface area (Å²) in [6.07, 6.45) is 0. The van der Waals surface area contributed by atoms with Gasteiger partial charge in [-0.05, 0) is 82.9 Å². The Labute approximate surface area is 308 Å². The summed E-state index contributed by atoms with van der Waals surface area (Å²) in [6.45, 7) is -0.645. The molecule has 3 aliphatic carbocycles. The third-order valence-electron chi connectivity index (χ3n) is 10.1. The lowest BCUT2D eigenvalue weighted by Crippen LogP contribution is -2.52. The minimum absolute atomic E-state index is 0.0343. The molecule has 3 amide bonds. The molecule has 0 radical (unpaired) electrons. The van der Waals surface area contributed by atoms with E-state index in [4.69, 9.17) is 32.7 Å². The molecule has 1 aliphatic heterocycles. The van der Waals surface area contributed by atoms with Crippen molar-refractivity contribution in [2.45, 2.75) is 11.8 Å². The van der Waals surface area contributed by atoms with E-state index in [1.54, 1.807) is 24.3 Å². The molecule has 0 saturated carbocycles. The summed E-state index contributed by atoms with van der Waals surface area (Å²) in [5, 5.41) is 2.07. The summed E-state index contributed by atoms with van der Waals surface area (Å²) in [4.78, 5) is 70.1. The van der Waals surface area contributed by atoms with E-state index in [2.05, 4.69) is 0 Å². The van der Waals surface area contributed by atoms with Gasteiger partial charge in [-0.15, -0.1) is 0 Å². The second-order valence-corrected chi connectivity index (χ2v) is 13.6. The number of benzene rings is 5. The molecule has 258 valence electrons. The van der Waals surface area contributed by atoms with Crippen LogP contribution in [-0.4, -0.2) is 53.1 Å². The topological polar surface area (TPSA) is 110 Å². The van der Waals surface area contributed by atoms with Gasteiger partial charge in [0, 0.05) is 23.0 Å². The second kappa shape index (κ2) is 13.1. The Bertz CT molecular complexity index is 2210. The van der Waals surface area contributed by atoms with E-state index in [0.717, 1.165) is 32.3 Å². The van der Waals surface area contributed by atoms with Crippen LogP contribution in [0.15, 0.2) is 115 Å². The highest BCUT2D eigenvalue weighted by Gasteiger charge is 2.63. The second-order valence-electron chi connectivity index (χ2n) is 12.8. The first-order chi connectivity index (χ1) is 25.2. The van der Waals surface area contributed by atoms with Gasteiger partial charge in [-0.1, -0.05) is 77.8 Å². The van der Waals surface area contributed by atoms with Gasteiger partial charge in [0.2, 0.25) is 0 Å². The van der Waals surface area contributed by atoms with Gasteiger partial charge in [-0.2, -0.15) is 5.01 Å². The lowest BCUT2D eigenvalue weighted by atomic mass is 9.55. The molecule has 0 N–H and O–H groups in total. The van der Waals surface area contributed by atoms with Gasteiger partial charge in [0.15, 0.2) is 5.78 Å². The van der Waals surface area contributed by atoms with Crippen molar-refractivity contribution in [3.63, 3.8) is 0 Å². The largest absolute Gasteiger partial charge is 0.497 e.